The van der Waals surface area contributed by atoms with E-state index in [1.807, 2.05) is 6.07 Å². The van der Waals surface area contributed by atoms with E-state index in [1.165, 1.54) is 0 Å². The molecule has 3 aliphatic rings. The Morgan fingerprint density at radius 2 is 2.06 bits per heavy atom. The summed E-state index contributed by atoms with van der Waals surface area (Å²) >= 11 is 6.56. The number of aliphatic hydroxyl groups is 1. The second-order valence-corrected chi connectivity index (χ2v) is 9.49. The Morgan fingerprint density at radius 3 is 2.78 bits per heavy atom. The predicted octanol–water partition coefficient (Wildman–Crippen LogP) is 3.64. The number of piperidine rings is 1. The summed E-state index contributed by atoms with van der Waals surface area (Å²) in [5.74, 6) is 2.50. The Morgan fingerprint density at radius 1 is 1.28 bits per heavy atom. The minimum Gasteiger partial charge on any atom is -0.436 e. The molecule has 2 N–H and O–H groups in total. The highest BCUT2D eigenvalue weighted by molar-refractivity contribution is 6.33. The lowest BCUT2D eigenvalue weighted by atomic mass is 9.78. The highest BCUT2D eigenvalue weighted by atomic mass is 35.5. The lowest BCUT2D eigenvalue weighted by molar-refractivity contribution is -0.139. The molecule has 0 bridgehead atoms. The van der Waals surface area contributed by atoms with Gasteiger partial charge in [0.2, 0.25) is 5.91 Å². The maximum absolute atomic E-state index is 13.5. The largest absolute Gasteiger partial charge is 0.436 e. The quantitative estimate of drug-likeness (QED) is 0.672. The number of hydrogen-bond donors (Lipinski definition) is 2. The third kappa shape index (κ3) is 4.67. The Labute approximate surface area is 194 Å². The van der Waals surface area contributed by atoms with Crippen molar-refractivity contribution < 1.29 is 19.4 Å². The minimum absolute atomic E-state index is 0.0972. The van der Waals surface area contributed by atoms with E-state index in [0.29, 0.717) is 17.3 Å². The van der Waals surface area contributed by atoms with Crippen molar-refractivity contribution in [3.63, 3.8) is 0 Å². The van der Waals surface area contributed by atoms with Crippen LogP contribution in [0.3, 0.4) is 0 Å². The SMILES string of the molecule is C#CCOC(=O)Nc1ccc(N2CCC[C@]3(CCN([C@H]4CC[C@H](O)CC4)C3=O)C2)c(Cl)c1. The monoisotopic (exact) mass is 459 g/mol. The fraction of sp³-hybridized carbons (Fsp3) is 0.583. The number of hydrogen-bond acceptors (Lipinski definition) is 5. The van der Waals surface area contributed by atoms with Crippen molar-refractivity contribution >= 4 is 35.0 Å². The van der Waals surface area contributed by atoms with Gasteiger partial charge in [0.15, 0.2) is 6.61 Å². The molecule has 1 atom stereocenters. The van der Waals surface area contributed by atoms with Crippen LogP contribution in [0.5, 0.6) is 0 Å². The average molecular weight is 460 g/mol. The first-order valence-corrected chi connectivity index (χ1v) is 11.7. The van der Waals surface area contributed by atoms with Crippen LogP contribution in [-0.4, -0.2) is 60.4 Å². The number of amides is 2. The molecule has 2 saturated heterocycles. The van der Waals surface area contributed by atoms with Gasteiger partial charge in [-0.25, -0.2) is 4.79 Å². The van der Waals surface area contributed by atoms with E-state index in [0.717, 1.165) is 63.7 Å². The lowest BCUT2D eigenvalue weighted by Gasteiger charge is -2.41. The number of nitrogens with zero attached hydrogens (tertiary/aromatic N) is 2. The molecule has 32 heavy (non-hydrogen) atoms. The number of anilines is 2. The van der Waals surface area contributed by atoms with Gasteiger partial charge in [-0.3, -0.25) is 10.1 Å². The van der Waals surface area contributed by atoms with Crippen molar-refractivity contribution in [2.75, 3.05) is 36.5 Å². The van der Waals surface area contributed by atoms with E-state index in [9.17, 15) is 14.7 Å². The summed E-state index contributed by atoms with van der Waals surface area (Å²) in [5.41, 5.74) is 1.02. The molecule has 1 saturated carbocycles. The molecule has 2 aliphatic heterocycles. The van der Waals surface area contributed by atoms with Crippen molar-refractivity contribution in [1.82, 2.24) is 4.90 Å². The summed E-state index contributed by atoms with van der Waals surface area (Å²) in [6.07, 6.45) is 10.3. The predicted molar refractivity (Wildman–Crippen MR) is 124 cm³/mol. The second-order valence-electron chi connectivity index (χ2n) is 9.09. The van der Waals surface area contributed by atoms with E-state index in [1.54, 1.807) is 12.1 Å². The molecule has 4 rings (SSSR count). The smallest absolute Gasteiger partial charge is 0.412 e. The van der Waals surface area contributed by atoms with Crippen LogP contribution in [0.1, 0.15) is 44.9 Å². The van der Waals surface area contributed by atoms with Crippen LogP contribution in [0.4, 0.5) is 16.2 Å². The van der Waals surface area contributed by atoms with Crippen LogP contribution < -0.4 is 10.2 Å². The Balaban J connectivity index is 1.43. The van der Waals surface area contributed by atoms with E-state index >= 15 is 0 Å². The van der Waals surface area contributed by atoms with Crippen LogP contribution in [0.15, 0.2) is 18.2 Å². The van der Waals surface area contributed by atoms with Gasteiger partial charge in [0.05, 0.1) is 22.2 Å². The number of likely N-dealkylation sites (tertiary alicyclic amines) is 1. The first-order valence-electron chi connectivity index (χ1n) is 11.3. The number of terminal acetylenes is 1. The first-order chi connectivity index (χ1) is 15.4. The molecule has 1 aliphatic carbocycles. The van der Waals surface area contributed by atoms with Gasteiger partial charge < -0.3 is 19.6 Å². The molecule has 2 heterocycles. The molecule has 1 aromatic carbocycles. The van der Waals surface area contributed by atoms with Gasteiger partial charge in [0, 0.05) is 31.4 Å². The molecule has 1 spiro atoms. The minimum atomic E-state index is -0.629. The van der Waals surface area contributed by atoms with E-state index < -0.39 is 6.09 Å². The van der Waals surface area contributed by atoms with Gasteiger partial charge in [-0.05, 0) is 63.1 Å². The number of carbonyl (C=O) groups excluding carboxylic acids is 2. The highest BCUT2D eigenvalue weighted by Gasteiger charge is 2.50. The Hall–Kier alpha value is -2.43. The zero-order chi connectivity index (χ0) is 22.7. The number of benzene rings is 1. The second kappa shape index (κ2) is 9.60. The van der Waals surface area contributed by atoms with E-state index in [2.05, 4.69) is 21.0 Å². The number of carbonyl (C=O) groups is 2. The van der Waals surface area contributed by atoms with Gasteiger partial charge in [0.25, 0.3) is 0 Å². The highest BCUT2D eigenvalue weighted by Crippen LogP contribution is 2.44. The molecule has 8 heteroatoms. The van der Waals surface area contributed by atoms with E-state index in [4.69, 9.17) is 22.8 Å². The summed E-state index contributed by atoms with van der Waals surface area (Å²) in [7, 11) is 0. The molecule has 3 fully saturated rings. The standard InChI is InChI=1S/C24H30ClN3O4/c1-2-14-32-23(31)26-17-4-9-21(20(25)15-17)27-12-3-10-24(16-27)11-13-28(22(24)30)18-5-7-19(29)8-6-18/h1,4,9,15,18-19,29H,3,5-8,10-14,16H2,(H,26,31)/t18-,19-,24-/m0/s1. The van der Waals surface area contributed by atoms with Crippen LogP contribution in [-0.2, 0) is 9.53 Å². The van der Waals surface area contributed by atoms with Crippen LogP contribution in [0.2, 0.25) is 5.02 Å². The summed E-state index contributed by atoms with van der Waals surface area (Å²) in [6.45, 7) is 2.18. The van der Waals surface area contributed by atoms with Gasteiger partial charge in [-0.2, -0.15) is 0 Å². The van der Waals surface area contributed by atoms with Gasteiger partial charge >= 0.3 is 6.09 Å². The summed E-state index contributed by atoms with van der Waals surface area (Å²) < 4.78 is 4.83. The third-order valence-electron chi connectivity index (χ3n) is 7.05. The van der Waals surface area contributed by atoms with Gasteiger partial charge in [-0.1, -0.05) is 17.5 Å². The van der Waals surface area contributed by atoms with Crippen molar-refractivity contribution in [2.45, 2.75) is 57.1 Å². The molecule has 0 unspecified atom stereocenters. The molecule has 2 amide bonds. The molecular formula is C24H30ClN3O4. The number of nitrogens with one attached hydrogen (secondary N) is 1. The number of ether oxygens (including phenoxy) is 1. The summed E-state index contributed by atoms with van der Waals surface area (Å²) in [6, 6.07) is 5.59. The Kier molecular flexibility index (Phi) is 6.82. The molecule has 1 aromatic rings. The van der Waals surface area contributed by atoms with Crippen molar-refractivity contribution in [3.8, 4) is 12.3 Å². The molecule has 0 aromatic heterocycles. The zero-order valence-corrected chi connectivity index (χ0v) is 18.9. The maximum Gasteiger partial charge on any atom is 0.412 e. The summed E-state index contributed by atoms with van der Waals surface area (Å²) in [5, 5.41) is 12.9. The lowest BCUT2D eigenvalue weighted by Crippen LogP contribution is -2.50. The van der Waals surface area contributed by atoms with Crippen molar-refractivity contribution in [2.24, 2.45) is 5.41 Å². The maximum atomic E-state index is 13.5. The number of aliphatic hydroxyl groups excluding tert-OH is 1. The molecule has 7 nitrogen and oxygen atoms in total. The first kappa shape index (κ1) is 22.8. The average Bonchev–Trinajstić information content (AvgIpc) is 3.08. The number of rotatable bonds is 4. The molecular weight excluding hydrogens is 430 g/mol. The van der Waals surface area contributed by atoms with Crippen LogP contribution in [0.25, 0.3) is 0 Å². The summed E-state index contributed by atoms with van der Waals surface area (Å²) in [4.78, 5) is 29.5. The zero-order valence-electron chi connectivity index (χ0n) is 18.2. The normalized spacial score (nSPS) is 28.0. The van der Waals surface area contributed by atoms with Crippen molar-refractivity contribution in [3.05, 3.63) is 23.2 Å². The van der Waals surface area contributed by atoms with Crippen LogP contribution >= 0.6 is 11.6 Å². The molecule has 0 radical (unpaired) electrons. The van der Waals surface area contributed by atoms with Crippen LogP contribution in [0, 0.1) is 17.8 Å². The molecule has 172 valence electrons. The van der Waals surface area contributed by atoms with Gasteiger partial charge in [-0.15, -0.1) is 6.42 Å². The Bertz CT molecular complexity index is 909. The van der Waals surface area contributed by atoms with Gasteiger partial charge in [0.1, 0.15) is 0 Å². The van der Waals surface area contributed by atoms with Crippen molar-refractivity contribution in [1.29, 1.82) is 0 Å². The topological polar surface area (TPSA) is 82.1 Å². The third-order valence-corrected chi connectivity index (χ3v) is 7.35. The fourth-order valence-corrected chi connectivity index (χ4v) is 5.68. The van der Waals surface area contributed by atoms with E-state index in [-0.39, 0.29) is 30.1 Å². The number of halogens is 1. The fourth-order valence-electron chi connectivity index (χ4n) is 5.38.